The first-order valence-corrected chi connectivity index (χ1v) is 12.0. The number of Topliss-reactive ketones (excluding diaryl/α,β-unsaturated/α-hetero) is 1. The molecule has 5 rings (SSSR count). The molecule has 0 saturated carbocycles. The number of nitrogens with zero attached hydrogens (tertiary/aromatic N) is 1. The molecule has 0 radical (unpaired) electrons. The summed E-state index contributed by atoms with van der Waals surface area (Å²) in [6.07, 6.45) is 2.21. The highest BCUT2D eigenvalue weighted by molar-refractivity contribution is 6.07. The van der Waals surface area contributed by atoms with Crippen molar-refractivity contribution in [2.75, 3.05) is 4.90 Å². The first-order chi connectivity index (χ1) is 16.9. The maximum atomic E-state index is 13.9. The van der Waals surface area contributed by atoms with Crippen LogP contribution in [0.4, 0.5) is 10.1 Å². The molecule has 178 valence electrons. The zero-order valence-electron chi connectivity index (χ0n) is 20.0. The van der Waals surface area contributed by atoms with Crippen LogP contribution in [0.3, 0.4) is 0 Å². The van der Waals surface area contributed by atoms with Gasteiger partial charge >= 0.3 is 0 Å². The Morgan fingerprint density at radius 1 is 0.943 bits per heavy atom. The normalized spacial score (nSPS) is 18.0. The van der Waals surface area contributed by atoms with Gasteiger partial charge in [-0.2, -0.15) is 0 Å². The van der Waals surface area contributed by atoms with Gasteiger partial charge in [0.1, 0.15) is 18.2 Å². The summed E-state index contributed by atoms with van der Waals surface area (Å²) in [5.41, 5.74) is 6.02. The van der Waals surface area contributed by atoms with Gasteiger partial charge < -0.3 is 4.74 Å². The van der Waals surface area contributed by atoms with E-state index in [9.17, 15) is 14.0 Å². The van der Waals surface area contributed by atoms with Crippen LogP contribution in [0.1, 0.15) is 53.9 Å². The number of aryl methyl sites for hydroxylation is 2. The quantitative estimate of drug-likeness (QED) is 0.426. The summed E-state index contributed by atoms with van der Waals surface area (Å²) < 4.78 is 19.6. The van der Waals surface area contributed by atoms with Crippen LogP contribution in [-0.4, -0.2) is 11.7 Å². The fourth-order valence-corrected chi connectivity index (χ4v) is 5.23. The number of allylic oxidation sites excluding steroid dienone is 2. The van der Waals surface area contributed by atoms with E-state index in [2.05, 4.69) is 6.07 Å². The lowest BCUT2D eigenvalue weighted by molar-refractivity contribution is -0.119. The van der Waals surface area contributed by atoms with Gasteiger partial charge in [-0.15, -0.1) is 0 Å². The van der Waals surface area contributed by atoms with Crippen molar-refractivity contribution in [3.05, 3.63) is 106 Å². The van der Waals surface area contributed by atoms with Gasteiger partial charge in [0, 0.05) is 41.3 Å². The Hall–Kier alpha value is -3.73. The van der Waals surface area contributed by atoms with E-state index in [1.165, 1.54) is 6.07 Å². The Kier molecular flexibility index (Phi) is 6.25. The molecule has 1 atom stereocenters. The Bertz CT molecular complexity index is 1310. The van der Waals surface area contributed by atoms with E-state index >= 15 is 0 Å². The molecule has 1 unspecified atom stereocenters. The Labute approximate surface area is 205 Å². The molecule has 1 aliphatic heterocycles. The summed E-state index contributed by atoms with van der Waals surface area (Å²) in [6, 6.07) is 20.1. The zero-order chi connectivity index (χ0) is 24.5. The lowest BCUT2D eigenvalue weighted by atomic mass is 9.77. The molecule has 2 aliphatic rings. The molecular formula is C30H28FNO3. The number of carbonyl (C=O) groups is 2. The molecule has 35 heavy (non-hydrogen) atoms. The highest BCUT2D eigenvalue weighted by Crippen LogP contribution is 2.43. The fraction of sp³-hybridized carbons (Fsp3) is 0.267. The van der Waals surface area contributed by atoms with Gasteiger partial charge in [0.05, 0.1) is 0 Å². The number of benzene rings is 3. The molecule has 5 heteroatoms. The van der Waals surface area contributed by atoms with E-state index in [-0.39, 0.29) is 36.5 Å². The van der Waals surface area contributed by atoms with Crippen molar-refractivity contribution in [2.24, 2.45) is 0 Å². The van der Waals surface area contributed by atoms with Crippen molar-refractivity contribution in [2.45, 2.75) is 52.1 Å². The van der Waals surface area contributed by atoms with Gasteiger partial charge in [-0.1, -0.05) is 36.4 Å². The topological polar surface area (TPSA) is 46.6 Å². The summed E-state index contributed by atoms with van der Waals surface area (Å²) in [4.78, 5) is 28.3. The molecule has 4 nitrogen and oxygen atoms in total. The number of carbonyl (C=O) groups excluding carboxylic acids is 2. The highest BCUT2D eigenvalue weighted by Gasteiger charge is 2.39. The molecular weight excluding hydrogens is 441 g/mol. The number of ketones is 1. The second-order valence-corrected chi connectivity index (χ2v) is 9.42. The molecule has 0 saturated heterocycles. The molecule has 1 heterocycles. The van der Waals surface area contributed by atoms with Gasteiger partial charge in [0.15, 0.2) is 5.78 Å². The first-order valence-electron chi connectivity index (χ1n) is 12.0. The second kappa shape index (κ2) is 9.49. The molecule has 0 N–H and O–H groups in total. The predicted octanol–water partition coefficient (Wildman–Crippen LogP) is 6.55. The minimum atomic E-state index is -0.298. The van der Waals surface area contributed by atoms with E-state index in [0.717, 1.165) is 40.1 Å². The van der Waals surface area contributed by atoms with Crippen LogP contribution in [0.2, 0.25) is 0 Å². The van der Waals surface area contributed by atoms with Gasteiger partial charge in [-0.3, -0.25) is 14.5 Å². The van der Waals surface area contributed by atoms with E-state index in [1.54, 1.807) is 23.1 Å². The van der Waals surface area contributed by atoms with Crippen LogP contribution >= 0.6 is 0 Å². The fourth-order valence-electron chi connectivity index (χ4n) is 5.23. The maximum absolute atomic E-state index is 13.9. The largest absolute Gasteiger partial charge is 0.489 e. The lowest BCUT2D eigenvalue weighted by Gasteiger charge is -2.38. The van der Waals surface area contributed by atoms with E-state index in [4.69, 9.17) is 4.74 Å². The van der Waals surface area contributed by atoms with Crippen LogP contribution in [-0.2, 0) is 16.2 Å². The average molecular weight is 470 g/mol. The van der Waals surface area contributed by atoms with Crippen LogP contribution in [0.15, 0.2) is 78.0 Å². The summed E-state index contributed by atoms with van der Waals surface area (Å²) in [7, 11) is 0. The lowest BCUT2D eigenvalue weighted by Crippen LogP contribution is -2.40. The molecule has 0 bridgehead atoms. The monoisotopic (exact) mass is 469 g/mol. The van der Waals surface area contributed by atoms with Crippen molar-refractivity contribution in [3.63, 3.8) is 0 Å². The van der Waals surface area contributed by atoms with Crippen molar-refractivity contribution >= 4 is 17.4 Å². The minimum absolute atomic E-state index is 0.00771. The Morgan fingerprint density at radius 2 is 1.66 bits per heavy atom. The Balaban J connectivity index is 1.44. The molecule has 0 spiro atoms. The molecule has 1 amide bonds. The second-order valence-electron chi connectivity index (χ2n) is 9.42. The standard InChI is InChI=1S/C30H28FNO3/c1-19-14-20(2)16-23(15-19)32-27-8-5-9-28(33)30(27)25(17-29(32)34)21-10-12-24(13-11-21)35-18-22-6-3-4-7-26(22)31/h3-4,6-7,10-16,25H,5,8-9,17-18H2,1-2H3. The van der Waals surface area contributed by atoms with Gasteiger partial charge in [0.25, 0.3) is 0 Å². The molecule has 3 aromatic carbocycles. The SMILES string of the molecule is Cc1cc(C)cc(N2C(=O)CC(c3ccc(OCc4ccccc4F)cc3)C3=C2CCCC3=O)c1. The molecule has 1 aliphatic carbocycles. The first kappa shape index (κ1) is 23.0. The summed E-state index contributed by atoms with van der Waals surface area (Å²) in [5.74, 6) is 0.174. The maximum Gasteiger partial charge on any atom is 0.232 e. The van der Waals surface area contributed by atoms with Crippen LogP contribution < -0.4 is 9.64 Å². The van der Waals surface area contributed by atoms with Crippen molar-refractivity contribution < 1.29 is 18.7 Å². The van der Waals surface area contributed by atoms with E-state index in [1.807, 2.05) is 50.2 Å². The smallest absolute Gasteiger partial charge is 0.232 e. The number of hydrogen-bond donors (Lipinski definition) is 0. The number of ether oxygens (including phenoxy) is 1. The summed E-state index contributed by atoms with van der Waals surface area (Å²) in [5, 5.41) is 0. The zero-order valence-corrected chi connectivity index (χ0v) is 20.0. The summed E-state index contributed by atoms with van der Waals surface area (Å²) >= 11 is 0. The number of hydrogen-bond acceptors (Lipinski definition) is 3. The van der Waals surface area contributed by atoms with Crippen molar-refractivity contribution in [1.29, 1.82) is 0 Å². The van der Waals surface area contributed by atoms with Crippen molar-refractivity contribution in [1.82, 2.24) is 0 Å². The third-order valence-electron chi connectivity index (χ3n) is 6.77. The van der Waals surface area contributed by atoms with Gasteiger partial charge in [-0.05, 0) is 73.7 Å². The number of amides is 1. The van der Waals surface area contributed by atoms with E-state index < -0.39 is 0 Å². The van der Waals surface area contributed by atoms with Crippen LogP contribution in [0.25, 0.3) is 0 Å². The third-order valence-corrected chi connectivity index (χ3v) is 6.77. The molecule has 0 fully saturated rings. The minimum Gasteiger partial charge on any atom is -0.489 e. The van der Waals surface area contributed by atoms with Gasteiger partial charge in [0.2, 0.25) is 5.91 Å². The number of anilines is 1. The average Bonchev–Trinajstić information content (AvgIpc) is 2.83. The van der Waals surface area contributed by atoms with Crippen molar-refractivity contribution in [3.8, 4) is 5.75 Å². The van der Waals surface area contributed by atoms with E-state index in [0.29, 0.717) is 24.2 Å². The van der Waals surface area contributed by atoms with Crippen LogP contribution in [0, 0.1) is 19.7 Å². The number of halogens is 1. The highest BCUT2D eigenvalue weighted by atomic mass is 19.1. The Morgan fingerprint density at radius 3 is 2.37 bits per heavy atom. The molecule has 0 aromatic heterocycles. The van der Waals surface area contributed by atoms with Crippen LogP contribution in [0.5, 0.6) is 5.75 Å². The summed E-state index contributed by atoms with van der Waals surface area (Å²) in [6.45, 7) is 4.17. The third kappa shape index (κ3) is 4.63. The predicted molar refractivity (Wildman–Crippen MR) is 134 cm³/mol. The molecule has 3 aromatic rings. The number of rotatable bonds is 5. The van der Waals surface area contributed by atoms with Gasteiger partial charge in [-0.25, -0.2) is 4.39 Å².